The van der Waals surface area contributed by atoms with Crippen LogP contribution in [0.3, 0.4) is 0 Å². The van der Waals surface area contributed by atoms with E-state index in [2.05, 4.69) is 22.3 Å². The number of ether oxygens (including phenoxy) is 1. The highest BCUT2D eigenvalue weighted by atomic mass is 16.5. The summed E-state index contributed by atoms with van der Waals surface area (Å²) in [5, 5.41) is 3.15. The molecule has 2 heterocycles. The molecule has 25 heavy (non-hydrogen) atoms. The van der Waals surface area contributed by atoms with Crippen LogP contribution in [0.25, 0.3) is 0 Å². The van der Waals surface area contributed by atoms with Gasteiger partial charge in [0.2, 0.25) is 0 Å². The summed E-state index contributed by atoms with van der Waals surface area (Å²) < 4.78 is 5.08. The van der Waals surface area contributed by atoms with Crippen LogP contribution in [0.1, 0.15) is 26.2 Å². The first-order valence-electron chi connectivity index (χ1n) is 9.19. The zero-order valence-electron chi connectivity index (χ0n) is 14.8. The molecule has 0 bridgehead atoms. The van der Waals surface area contributed by atoms with Gasteiger partial charge in [0.25, 0.3) is 0 Å². The standard InChI is InChI=1S/C19H27N3O3/c1-2-25-18(23)15-8-11-21(12-9-15)19(24)20-16-10-13-22(14-16)17-6-4-3-5-7-17/h3-7,15-16H,2,8-14H2,1H3,(H,20,24). The molecule has 2 amide bonds. The predicted octanol–water partition coefficient (Wildman–Crippen LogP) is 2.25. The molecule has 2 aliphatic rings. The molecular formula is C19H27N3O3. The zero-order chi connectivity index (χ0) is 17.6. The quantitative estimate of drug-likeness (QED) is 0.850. The number of benzene rings is 1. The van der Waals surface area contributed by atoms with Crippen molar-refractivity contribution in [2.45, 2.75) is 32.2 Å². The second-order valence-electron chi connectivity index (χ2n) is 6.73. The highest BCUT2D eigenvalue weighted by Crippen LogP contribution is 2.21. The van der Waals surface area contributed by atoms with Gasteiger partial charge in [-0.25, -0.2) is 4.79 Å². The van der Waals surface area contributed by atoms with Crippen LogP contribution >= 0.6 is 0 Å². The van der Waals surface area contributed by atoms with E-state index in [0.29, 0.717) is 32.5 Å². The third-order valence-electron chi connectivity index (χ3n) is 5.04. The van der Waals surface area contributed by atoms with E-state index in [0.717, 1.165) is 19.5 Å². The molecule has 3 rings (SSSR count). The number of nitrogens with zero attached hydrogens (tertiary/aromatic N) is 2. The van der Waals surface area contributed by atoms with Crippen molar-refractivity contribution in [2.75, 3.05) is 37.7 Å². The number of amides is 2. The Kier molecular flexibility index (Phi) is 5.79. The van der Waals surface area contributed by atoms with Crippen LogP contribution in [0.2, 0.25) is 0 Å². The van der Waals surface area contributed by atoms with Gasteiger partial charge in [-0.1, -0.05) is 18.2 Å². The van der Waals surface area contributed by atoms with Crippen molar-refractivity contribution in [3.8, 4) is 0 Å². The number of para-hydroxylation sites is 1. The molecule has 2 fully saturated rings. The van der Waals surface area contributed by atoms with Gasteiger partial charge in [0.15, 0.2) is 0 Å². The molecule has 1 unspecified atom stereocenters. The highest BCUT2D eigenvalue weighted by Gasteiger charge is 2.30. The molecule has 6 nitrogen and oxygen atoms in total. The lowest BCUT2D eigenvalue weighted by Gasteiger charge is -2.31. The average molecular weight is 345 g/mol. The van der Waals surface area contributed by atoms with E-state index >= 15 is 0 Å². The summed E-state index contributed by atoms with van der Waals surface area (Å²) in [6.07, 6.45) is 2.33. The van der Waals surface area contributed by atoms with Crippen LogP contribution in [0.4, 0.5) is 10.5 Å². The molecule has 0 radical (unpaired) electrons. The number of hydrogen-bond acceptors (Lipinski definition) is 4. The van der Waals surface area contributed by atoms with Gasteiger partial charge in [0.05, 0.1) is 12.5 Å². The number of hydrogen-bond donors (Lipinski definition) is 1. The fraction of sp³-hybridized carbons (Fsp3) is 0.579. The third kappa shape index (κ3) is 4.44. The van der Waals surface area contributed by atoms with E-state index in [4.69, 9.17) is 4.74 Å². The number of carbonyl (C=O) groups excluding carboxylic acids is 2. The Hall–Kier alpha value is -2.24. The first kappa shape index (κ1) is 17.6. The fourth-order valence-electron chi connectivity index (χ4n) is 3.60. The molecule has 0 saturated carbocycles. The van der Waals surface area contributed by atoms with Crippen molar-refractivity contribution in [1.82, 2.24) is 10.2 Å². The Labute approximate surface area is 149 Å². The van der Waals surface area contributed by atoms with Crippen LogP contribution in [0.5, 0.6) is 0 Å². The Bertz CT molecular complexity index is 585. The second-order valence-corrected chi connectivity index (χ2v) is 6.73. The lowest BCUT2D eigenvalue weighted by atomic mass is 9.97. The molecule has 1 aromatic carbocycles. The van der Waals surface area contributed by atoms with E-state index in [1.807, 2.05) is 30.0 Å². The van der Waals surface area contributed by atoms with Gasteiger partial charge in [0, 0.05) is 37.9 Å². The van der Waals surface area contributed by atoms with Gasteiger partial charge in [-0.2, -0.15) is 0 Å². The Morgan fingerprint density at radius 3 is 2.52 bits per heavy atom. The summed E-state index contributed by atoms with van der Waals surface area (Å²) in [6, 6.07) is 10.5. The minimum Gasteiger partial charge on any atom is -0.466 e. The second kappa shape index (κ2) is 8.23. The van der Waals surface area contributed by atoms with E-state index < -0.39 is 0 Å². The van der Waals surface area contributed by atoms with Crippen LogP contribution in [-0.2, 0) is 9.53 Å². The van der Waals surface area contributed by atoms with Crippen molar-refractivity contribution in [1.29, 1.82) is 0 Å². The van der Waals surface area contributed by atoms with Crippen LogP contribution in [0.15, 0.2) is 30.3 Å². The molecule has 0 aromatic heterocycles. The monoisotopic (exact) mass is 345 g/mol. The van der Waals surface area contributed by atoms with Crippen LogP contribution in [0, 0.1) is 5.92 Å². The lowest BCUT2D eigenvalue weighted by molar-refractivity contribution is -0.149. The number of rotatable bonds is 4. The Morgan fingerprint density at radius 1 is 1.12 bits per heavy atom. The van der Waals surface area contributed by atoms with Gasteiger partial charge in [-0.3, -0.25) is 4.79 Å². The number of likely N-dealkylation sites (tertiary alicyclic amines) is 1. The van der Waals surface area contributed by atoms with Crippen LogP contribution in [-0.4, -0.2) is 55.7 Å². The summed E-state index contributed by atoms with van der Waals surface area (Å²) in [5.74, 6) is -0.194. The number of carbonyl (C=O) groups is 2. The topological polar surface area (TPSA) is 61.9 Å². The summed E-state index contributed by atoms with van der Waals surface area (Å²) >= 11 is 0. The van der Waals surface area contributed by atoms with Crippen LogP contribution < -0.4 is 10.2 Å². The zero-order valence-corrected chi connectivity index (χ0v) is 14.8. The lowest BCUT2D eigenvalue weighted by Crippen LogP contribution is -2.49. The number of piperidine rings is 1. The van der Waals surface area contributed by atoms with E-state index in [1.165, 1.54) is 5.69 Å². The van der Waals surface area contributed by atoms with Crippen molar-refractivity contribution < 1.29 is 14.3 Å². The van der Waals surface area contributed by atoms with Crippen molar-refractivity contribution in [3.05, 3.63) is 30.3 Å². The molecule has 2 saturated heterocycles. The summed E-state index contributed by atoms with van der Waals surface area (Å²) in [4.78, 5) is 28.4. The summed E-state index contributed by atoms with van der Waals surface area (Å²) in [7, 11) is 0. The minimum absolute atomic E-state index is 0.0118. The van der Waals surface area contributed by atoms with Crippen molar-refractivity contribution in [2.24, 2.45) is 5.92 Å². The smallest absolute Gasteiger partial charge is 0.317 e. The van der Waals surface area contributed by atoms with Gasteiger partial charge in [0.1, 0.15) is 0 Å². The van der Waals surface area contributed by atoms with E-state index in [9.17, 15) is 9.59 Å². The number of esters is 1. The molecule has 0 aliphatic carbocycles. The fourth-order valence-corrected chi connectivity index (χ4v) is 3.60. The Balaban J connectivity index is 1.44. The third-order valence-corrected chi connectivity index (χ3v) is 5.04. The molecule has 136 valence electrons. The van der Waals surface area contributed by atoms with Crippen molar-refractivity contribution in [3.63, 3.8) is 0 Å². The van der Waals surface area contributed by atoms with E-state index in [-0.39, 0.29) is 24.0 Å². The molecular weight excluding hydrogens is 318 g/mol. The highest BCUT2D eigenvalue weighted by molar-refractivity contribution is 5.76. The normalized spacial score (nSPS) is 21.2. The maximum absolute atomic E-state index is 12.5. The number of nitrogens with one attached hydrogen (secondary N) is 1. The van der Waals surface area contributed by atoms with Gasteiger partial charge in [-0.15, -0.1) is 0 Å². The number of anilines is 1. The average Bonchev–Trinajstić information content (AvgIpc) is 3.11. The first-order chi connectivity index (χ1) is 12.2. The maximum atomic E-state index is 12.5. The van der Waals surface area contributed by atoms with Gasteiger partial charge < -0.3 is 19.9 Å². The van der Waals surface area contributed by atoms with E-state index in [1.54, 1.807) is 0 Å². The molecule has 1 atom stereocenters. The van der Waals surface area contributed by atoms with Gasteiger partial charge in [-0.05, 0) is 38.3 Å². The molecule has 0 spiro atoms. The SMILES string of the molecule is CCOC(=O)C1CCN(C(=O)NC2CCN(c3ccccc3)C2)CC1. The summed E-state index contributed by atoms with van der Waals surface area (Å²) in [6.45, 7) is 5.27. The molecule has 1 aromatic rings. The van der Waals surface area contributed by atoms with Crippen molar-refractivity contribution >= 4 is 17.7 Å². The molecule has 2 aliphatic heterocycles. The first-order valence-corrected chi connectivity index (χ1v) is 9.19. The molecule has 1 N–H and O–H groups in total. The van der Waals surface area contributed by atoms with Gasteiger partial charge >= 0.3 is 12.0 Å². The Morgan fingerprint density at radius 2 is 1.84 bits per heavy atom. The predicted molar refractivity (Wildman–Crippen MR) is 96.5 cm³/mol. The molecule has 6 heteroatoms. The number of urea groups is 1. The largest absolute Gasteiger partial charge is 0.466 e. The summed E-state index contributed by atoms with van der Waals surface area (Å²) in [5.41, 5.74) is 1.20. The minimum atomic E-state index is -0.128. The maximum Gasteiger partial charge on any atom is 0.317 e.